The molecule has 0 heterocycles. The van der Waals surface area contributed by atoms with E-state index < -0.39 is 43.1 Å². The second-order valence-corrected chi connectivity index (χ2v) is 5.24. The molecular formula is C15H16ClNO9. The lowest BCUT2D eigenvalue weighted by molar-refractivity contribution is -0.184. The molecule has 0 amide bonds. The fourth-order valence-electron chi connectivity index (χ4n) is 1.84. The highest BCUT2D eigenvalue weighted by Gasteiger charge is 2.23. The predicted octanol–water partition coefficient (Wildman–Crippen LogP) is 0.606. The maximum atomic E-state index is 11.5. The molecule has 0 aliphatic rings. The number of rotatable bonds is 10. The van der Waals surface area contributed by atoms with E-state index >= 15 is 0 Å². The van der Waals surface area contributed by atoms with Crippen LogP contribution in [0.3, 0.4) is 0 Å². The Morgan fingerprint density at radius 3 is 2.04 bits per heavy atom. The van der Waals surface area contributed by atoms with E-state index in [1.807, 2.05) is 0 Å². The number of carboxylic acids is 2. The zero-order valence-electron chi connectivity index (χ0n) is 13.3. The molecule has 0 unspecified atom stereocenters. The smallest absolute Gasteiger partial charge is 0.329 e. The highest BCUT2D eigenvalue weighted by molar-refractivity contribution is 6.31. The van der Waals surface area contributed by atoms with Crippen molar-refractivity contribution in [3.63, 3.8) is 0 Å². The summed E-state index contributed by atoms with van der Waals surface area (Å²) in [6.07, 6.45) is -3.65. The van der Waals surface area contributed by atoms with Crippen LogP contribution in [0, 0.1) is 0 Å². The Hall–Kier alpha value is -2.85. The number of carboxylic acid groups (broad SMARTS) is 2. The molecule has 1 aromatic rings. The number of aliphatic carboxylic acids is 2. The molecule has 4 N–H and O–H groups in total. The number of anilines is 1. The van der Waals surface area contributed by atoms with Gasteiger partial charge in [0.2, 0.25) is 0 Å². The van der Waals surface area contributed by atoms with Gasteiger partial charge in [-0.3, -0.25) is 19.2 Å². The van der Waals surface area contributed by atoms with Gasteiger partial charge in [-0.15, -0.1) is 0 Å². The highest BCUT2D eigenvalue weighted by atomic mass is 35.5. The third kappa shape index (κ3) is 7.36. The number of aliphatic hydroxyl groups excluding tert-OH is 1. The Kier molecular flexibility index (Phi) is 8.32. The minimum absolute atomic E-state index is 0.126. The Labute approximate surface area is 152 Å². The van der Waals surface area contributed by atoms with Crippen LogP contribution in [0.5, 0.6) is 0 Å². The topological polar surface area (TPSA) is 159 Å². The summed E-state index contributed by atoms with van der Waals surface area (Å²) in [5, 5.41) is 29.1. The van der Waals surface area contributed by atoms with Crippen LogP contribution in [0.25, 0.3) is 0 Å². The Morgan fingerprint density at radius 1 is 1.04 bits per heavy atom. The van der Waals surface area contributed by atoms with Crippen molar-refractivity contribution in [2.24, 2.45) is 0 Å². The molecular weight excluding hydrogens is 374 g/mol. The van der Waals surface area contributed by atoms with Crippen LogP contribution in [0.15, 0.2) is 18.2 Å². The molecule has 0 aliphatic heterocycles. The maximum Gasteiger partial charge on any atom is 0.329 e. The van der Waals surface area contributed by atoms with E-state index in [1.165, 1.54) is 12.1 Å². The van der Waals surface area contributed by atoms with Gasteiger partial charge in [0, 0.05) is 17.3 Å². The Bertz CT molecular complexity index is 662. The first-order valence-electron chi connectivity index (χ1n) is 7.20. The van der Waals surface area contributed by atoms with Gasteiger partial charge >= 0.3 is 30.3 Å². The van der Waals surface area contributed by atoms with E-state index in [2.05, 4.69) is 5.32 Å². The van der Waals surface area contributed by atoms with Gasteiger partial charge in [0.15, 0.2) is 0 Å². The number of hydrogen-bond acceptors (Lipinski definition) is 8. The molecule has 10 nitrogen and oxygen atoms in total. The van der Waals surface area contributed by atoms with E-state index in [4.69, 9.17) is 36.4 Å². The first-order chi connectivity index (χ1) is 12.2. The standard InChI is InChI=1S/C15H16ClNO9/c16-9-2-1-3-10(8(9)4-5-18)17-15(25-13(23)6-11(19)20)26-14(24)7-12(21)22/h1-3,15,17-18H,4-7H2,(H,19,20)(H,21,22). The zero-order chi connectivity index (χ0) is 19.7. The molecule has 0 saturated carbocycles. The molecule has 0 aliphatic carbocycles. The first kappa shape index (κ1) is 21.2. The van der Waals surface area contributed by atoms with E-state index in [9.17, 15) is 19.2 Å². The van der Waals surface area contributed by atoms with E-state index in [0.717, 1.165) is 0 Å². The summed E-state index contributed by atoms with van der Waals surface area (Å²) >= 11 is 6.02. The summed E-state index contributed by atoms with van der Waals surface area (Å²) in [5.74, 6) is -5.36. The average molecular weight is 390 g/mol. The summed E-state index contributed by atoms with van der Waals surface area (Å²) < 4.78 is 9.44. The van der Waals surface area contributed by atoms with Crippen molar-refractivity contribution in [1.29, 1.82) is 0 Å². The summed E-state index contributed by atoms with van der Waals surface area (Å²) in [5.41, 5.74) is 0.660. The van der Waals surface area contributed by atoms with Crippen molar-refractivity contribution in [2.45, 2.75) is 25.7 Å². The lowest BCUT2D eigenvalue weighted by atomic mass is 10.1. The number of carbonyl (C=O) groups is 4. The third-order valence-electron chi connectivity index (χ3n) is 2.82. The molecule has 1 aromatic carbocycles. The number of halogens is 1. The van der Waals surface area contributed by atoms with Crippen molar-refractivity contribution in [1.82, 2.24) is 0 Å². The van der Waals surface area contributed by atoms with Crippen molar-refractivity contribution in [3.05, 3.63) is 28.8 Å². The summed E-state index contributed by atoms with van der Waals surface area (Å²) in [6, 6.07) is 4.56. The minimum Gasteiger partial charge on any atom is -0.481 e. The lowest BCUT2D eigenvalue weighted by Crippen LogP contribution is -2.33. The Balaban J connectivity index is 2.99. The lowest BCUT2D eigenvalue weighted by Gasteiger charge is -2.21. The summed E-state index contributed by atoms with van der Waals surface area (Å²) in [4.78, 5) is 44.1. The molecule has 0 spiro atoms. The van der Waals surface area contributed by atoms with Crippen LogP contribution < -0.4 is 5.32 Å². The van der Waals surface area contributed by atoms with Crippen LogP contribution in [0.4, 0.5) is 5.69 Å². The van der Waals surface area contributed by atoms with Crippen LogP contribution in [-0.4, -0.2) is 52.2 Å². The molecule has 0 atom stereocenters. The van der Waals surface area contributed by atoms with Gasteiger partial charge in [0.05, 0.1) is 0 Å². The number of carbonyl (C=O) groups excluding carboxylic acids is 2. The van der Waals surface area contributed by atoms with Crippen molar-refractivity contribution < 1.29 is 44.0 Å². The number of hydrogen-bond donors (Lipinski definition) is 4. The van der Waals surface area contributed by atoms with Gasteiger partial charge in [0.25, 0.3) is 0 Å². The van der Waals surface area contributed by atoms with Crippen LogP contribution in [0.2, 0.25) is 5.02 Å². The number of esters is 2. The average Bonchev–Trinajstić information content (AvgIpc) is 2.48. The van der Waals surface area contributed by atoms with Crippen molar-refractivity contribution in [2.75, 3.05) is 11.9 Å². The minimum atomic E-state index is -1.79. The van der Waals surface area contributed by atoms with Crippen LogP contribution in [0.1, 0.15) is 18.4 Å². The molecule has 0 fully saturated rings. The van der Waals surface area contributed by atoms with Gasteiger partial charge < -0.3 is 30.1 Å². The molecule has 0 radical (unpaired) electrons. The van der Waals surface area contributed by atoms with Crippen molar-refractivity contribution in [3.8, 4) is 0 Å². The molecule has 0 bridgehead atoms. The number of benzene rings is 1. The first-order valence-corrected chi connectivity index (χ1v) is 7.58. The monoisotopic (exact) mass is 389 g/mol. The normalized spacial score (nSPS) is 10.3. The predicted molar refractivity (Wildman–Crippen MR) is 86.3 cm³/mol. The van der Waals surface area contributed by atoms with Gasteiger partial charge in [-0.25, -0.2) is 0 Å². The van der Waals surface area contributed by atoms with E-state index in [-0.39, 0.29) is 23.7 Å². The van der Waals surface area contributed by atoms with Crippen LogP contribution >= 0.6 is 11.6 Å². The Morgan fingerprint density at radius 2 is 1.58 bits per heavy atom. The van der Waals surface area contributed by atoms with Gasteiger partial charge in [-0.1, -0.05) is 17.7 Å². The second kappa shape index (κ2) is 10.2. The molecule has 0 aromatic heterocycles. The number of nitrogens with one attached hydrogen (secondary N) is 1. The van der Waals surface area contributed by atoms with Gasteiger partial charge in [-0.05, 0) is 24.1 Å². The number of ether oxygens (including phenoxy) is 2. The molecule has 0 saturated heterocycles. The quantitative estimate of drug-likeness (QED) is 0.253. The zero-order valence-corrected chi connectivity index (χ0v) is 14.1. The summed E-state index contributed by atoms with van der Waals surface area (Å²) in [6.45, 7) is -0.249. The van der Waals surface area contributed by atoms with Crippen LogP contribution in [-0.2, 0) is 35.1 Å². The maximum absolute atomic E-state index is 11.5. The molecule has 26 heavy (non-hydrogen) atoms. The number of aliphatic hydroxyl groups is 1. The highest BCUT2D eigenvalue weighted by Crippen LogP contribution is 2.25. The summed E-state index contributed by atoms with van der Waals surface area (Å²) in [7, 11) is 0. The van der Waals surface area contributed by atoms with Gasteiger partial charge in [-0.2, -0.15) is 0 Å². The van der Waals surface area contributed by atoms with E-state index in [1.54, 1.807) is 6.07 Å². The van der Waals surface area contributed by atoms with E-state index in [0.29, 0.717) is 5.56 Å². The second-order valence-electron chi connectivity index (χ2n) is 4.84. The fraction of sp³-hybridized carbons (Fsp3) is 0.333. The van der Waals surface area contributed by atoms with Gasteiger partial charge in [0.1, 0.15) is 12.8 Å². The third-order valence-corrected chi connectivity index (χ3v) is 3.18. The molecule has 11 heteroatoms. The SMILES string of the molecule is O=C(O)CC(=O)OC(Nc1cccc(Cl)c1CCO)OC(=O)CC(=O)O. The van der Waals surface area contributed by atoms with Crippen molar-refractivity contribution >= 4 is 41.2 Å². The fourth-order valence-corrected chi connectivity index (χ4v) is 2.11. The molecule has 1 rings (SSSR count). The molecule has 142 valence electrons. The largest absolute Gasteiger partial charge is 0.481 e.